The lowest BCUT2D eigenvalue weighted by Crippen LogP contribution is -2.32. The lowest BCUT2D eigenvalue weighted by atomic mass is 10.0. The second-order valence-electron chi connectivity index (χ2n) is 9.09. The van der Waals surface area contributed by atoms with Crippen molar-refractivity contribution in [3.05, 3.63) is 57.8 Å². The van der Waals surface area contributed by atoms with Crippen molar-refractivity contribution in [2.24, 2.45) is 11.8 Å². The summed E-state index contributed by atoms with van der Waals surface area (Å²) in [6.07, 6.45) is 3.13. The van der Waals surface area contributed by atoms with Crippen LogP contribution >= 0.6 is 23.2 Å². The van der Waals surface area contributed by atoms with E-state index in [9.17, 15) is 21.2 Å². The van der Waals surface area contributed by atoms with Crippen molar-refractivity contribution >= 4 is 48.7 Å². The largest absolute Gasteiger partial charge is 0.384 e. The van der Waals surface area contributed by atoms with Crippen molar-refractivity contribution in [1.29, 1.82) is 0 Å². The Morgan fingerprint density at radius 2 is 1.68 bits per heavy atom. The second kappa shape index (κ2) is 10.3. The van der Waals surface area contributed by atoms with Crippen molar-refractivity contribution in [2.75, 3.05) is 29.9 Å². The number of sulfone groups is 1. The standard InChI is InChI=1S/C23H27Cl2FN2O4S2/c24-21-11-19(26)4-3-18(21)15-28(14-17-1-2-17)34(31,32)20-5-6-23(22(25)12-20)27-13-16-7-9-33(29,30)10-8-16/h3-6,11-12,16-17,27H,1-2,7-10,13-15H2. The lowest BCUT2D eigenvalue weighted by molar-refractivity contribution is 0.391. The van der Waals surface area contributed by atoms with Crippen LogP contribution in [0.1, 0.15) is 31.2 Å². The summed E-state index contributed by atoms with van der Waals surface area (Å²) in [5.41, 5.74) is 1.13. The van der Waals surface area contributed by atoms with Gasteiger partial charge in [-0.05, 0) is 73.4 Å². The van der Waals surface area contributed by atoms with Crippen LogP contribution < -0.4 is 5.32 Å². The summed E-state index contributed by atoms with van der Waals surface area (Å²) in [5.74, 6) is 0.426. The molecular formula is C23H27Cl2FN2O4S2. The third-order valence-electron chi connectivity index (χ3n) is 6.35. The minimum absolute atomic E-state index is 0.0418. The first-order chi connectivity index (χ1) is 16.0. The minimum atomic E-state index is -3.87. The van der Waals surface area contributed by atoms with E-state index >= 15 is 0 Å². The molecule has 0 radical (unpaired) electrons. The zero-order chi connectivity index (χ0) is 24.5. The number of nitrogens with zero attached hydrogens (tertiary/aromatic N) is 1. The van der Waals surface area contributed by atoms with Gasteiger partial charge in [0.1, 0.15) is 15.7 Å². The van der Waals surface area contributed by atoms with Crippen LogP contribution in [0.25, 0.3) is 0 Å². The van der Waals surface area contributed by atoms with Gasteiger partial charge in [-0.3, -0.25) is 0 Å². The van der Waals surface area contributed by atoms with Gasteiger partial charge in [-0.1, -0.05) is 29.3 Å². The fourth-order valence-corrected chi connectivity index (χ4v) is 7.67. The van der Waals surface area contributed by atoms with Gasteiger partial charge < -0.3 is 5.32 Å². The van der Waals surface area contributed by atoms with Crippen LogP contribution in [0.4, 0.5) is 10.1 Å². The van der Waals surface area contributed by atoms with Crippen molar-refractivity contribution in [2.45, 2.75) is 37.1 Å². The summed E-state index contributed by atoms with van der Waals surface area (Å²) in [4.78, 5) is 0.0747. The van der Waals surface area contributed by atoms with Crippen LogP contribution in [-0.2, 0) is 26.4 Å². The van der Waals surface area contributed by atoms with Gasteiger partial charge in [-0.2, -0.15) is 4.31 Å². The van der Waals surface area contributed by atoms with E-state index in [1.165, 1.54) is 34.6 Å². The quantitative estimate of drug-likeness (QED) is 0.478. The maximum Gasteiger partial charge on any atom is 0.243 e. The van der Waals surface area contributed by atoms with E-state index in [1.807, 2.05) is 0 Å². The average Bonchev–Trinajstić information content (AvgIpc) is 3.59. The fourth-order valence-electron chi connectivity index (χ4n) is 4.02. The Morgan fingerprint density at radius 3 is 2.29 bits per heavy atom. The Balaban J connectivity index is 1.48. The van der Waals surface area contributed by atoms with Gasteiger partial charge in [0.2, 0.25) is 10.0 Å². The van der Waals surface area contributed by atoms with Gasteiger partial charge in [-0.15, -0.1) is 0 Å². The molecule has 2 fully saturated rings. The average molecular weight is 550 g/mol. The molecule has 1 aliphatic heterocycles. The number of sulfonamides is 1. The van der Waals surface area contributed by atoms with Crippen molar-refractivity contribution in [1.82, 2.24) is 4.31 Å². The molecule has 1 heterocycles. The molecular weight excluding hydrogens is 522 g/mol. The molecule has 1 saturated carbocycles. The smallest absolute Gasteiger partial charge is 0.243 e. The van der Waals surface area contributed by atoms with Crippen LogP contribution in [-0.4, -0.2) is 45.7 Å². The zero-order valence-electron chi connectivity index (χ0n) is 18.5. The number of hydrogen-bond donors (Lipinski definition) is 1. The van der Waals surface area contributed by atoms with E-state index < -0.39 is 25.7 Å². The van der Waals surface area contributed by atoms with E-state index in [1.54, 1.807) is 6.07 Å². The first-order valence-electron chi connectivity index (χ1n) is 11.2. The number of rotatable bonds is 9. The number of halogens is 3. The van der Waals surface area contributed by atoms with Crippen LogP contribution in [0, 0.1) is 17.7 Å². The third-order valence-corrected chi connectivity index (χ3v) is 10.5. The van der Waals surface area contributed by atoms with E-state index in [0.717, 1.165) is 12.8 Å². The fraction of sp³-hybridized carbons (Fsp3) is 0.478. The normalized spacial score (nSPS) is 18.8. The maximum absolute atomic E-state index is 13.5. The minimum Gasteiger partial charge on any atom is -0.384 e. The molecule has 2 aromatic carbocycles. The summed E-state index contributed by atoms with van der Waals surface area (Å²) < 4.78 is 65.0. The van der Waals surface area contributed by atoms with Gasteiger partial charge in [0.25, 0.3) is 0 Å². The van der Waals surface area contributed by atoms with Gasteiger partial charge in [-0.25, -0.2) is 21.2 Å². The molecule has 0 spiro atoms. The highest BCUT2D eigenvalue weighted by molar-refractivity contribution is 7.91. The molecule has 1 N–H and O–H groups in total. The van der Waals surface area contributed by atoms with Crippen molar-refractivity contribution in [3.63, 3.8) is 0 Å². The predicted octanol–water partition coefficient (Wildman–Crippen LogP) is 4.97. The monoisotopic (exact) mass is 548 g/mol. The van der Waals surface area contributed by atoms with E-state index in [0.29, 0.717) is 43.1 Å². The van der Waals surface area contributed by atoms with Crippen LogP contribution in [0.5, 0.6) is 0 Å². The van der Waals surface area contributed by atoms with E-state index in [-0.39, 0.29) is 38.9 Å². The summed E-state index contributed by atoms with van der Waals surface area (Å²) >= 11 is 12.6. The van der Waals surface area contributed by atoms with Crippen molar-refractivity contribution in [3.8, 4) is 0 Å². The molecule has 0 unspecified atom stereocenters. The van der Waals surface area contributed by atoms with Gasteiger partial charge in [0.15, 0.2) is 0 Å². The lowest BCUT2D eigenvalue weighted by Gasteiger charge is -2.24. The van der Waals surface area contributed by atoms with Gasteiger partial charge in [0, 0.05) is 24.7 Å². The molecule has 34 heavy (non-hydrogen) atoms. The van der Waals surface area contributed by atoms with Gasteiger partial charge >= 0.3 is 0 Å². The molecule has 0 bridgehead atoms. The summed E-state index contributed by atoms with van der Waals surface area (Å²) in [5, 5.41) is 3.68. The molecule has 0 atom stereocenters. The Kier molecular flexibility index (Phi) is 7.79. The number of anilines is 1. The maximum atomic E-state index is 13.5. The molecule has 186 valence electrons. The first-order valence-corrected chi connectivity index (χ1v) is 15.2. The topological polar surface area (TPSA) is 83.5 Å². The Hall–Kier alpha value is -1.39. The van der Waals surface area contributed by atoms with Crippen LogP contribution in [0.15, 0.2) is 41.3 Å². The Morgan fingerprint density at radius 1 is 0.971 bits per heavy atom. The molecule has 1 saturated heterocycles. The molecule has 2 aromatic rings. The number of benzene rings is 2. The molecule has 6 nitrogen and oxygen atoms in total. The second-order valence-corrected chi connectivity index (χ2v) is 14.2. The molecule has 0 aromatic heterocycles. The Bertz CT molecular complexity index is 1250. The highest BCUT2D eigenvalue weighted by Gasteiger charge is 2.32. The molecule has 1 aliphatic carbocycles. The summed E-state index contributed by atoms with van der Waals surface area (Å²) in [6.45, 7) is 0.969. The van der Waals surface area contributed by atoms with E-state index in [4.69, 9.17) is 23.2 Å². The highest BCUT2D eigenvalue weighted by Crippen LogP contribution is 2.34. The summed E-state index contributed by atoms with van der Waals surface area (Å²) in [7, 11) is -6.79. The molecule has 4 rings (SSSR count). The molecule has 11 heteroatoms. The predicted molar refractivity (Wildman–Crippen MR) is 133 cm³/mol. The van der Waals surface area contributed by atoms with Gasteiger partial charge in [0.05, 0.1) is 27.1 Å². The van der Waals surface area contributed by atoms with Crippen molar-refractivity contribution < 1.29 is 21.2 Å². The zero-order valence-corrected chi connectivity index (χ0v) is 21.7. The SMILES string of the molecule is O=S1(=O)CCC(CNc2ccc(S(=O)(=O)N(Cc3ccc(F)cc3Cl)CC3CC3)cc2Cl)CC1. The summed E-state index contributed by atoms with van der Waals surface area (Å²) in [6, 6.07) is 8.52. The molecule has 2 aliphatic rings. The number of nitrogens with one attached hydrogen (secondary N) is 1. The number of hydrogen-bond acceptors (Lipinski definition) is 5. The Labute approximate surface area is 210 Å². The van der Waals surface area contributed by atoms with Crippen LogP contribution in [0.2, 0.25) is 10.0 Å². The van der Waals surface area contributed by atoms with E-state index in [2.05, 4.69) is 5.32 Å². The molecule has 0 amide bonds. The first kappa shape index (κ1) is 25.7. The van der Waals surface area contributed by atoms with Crippen LogP contribution in [0.3, 0.4) is 0 Å². The highest BCUT2D eigenvalue weighted by atomic mass is 35.5. The third kappa shape index (κ3) is 6.43.